The van der Waals surface area contributed by atoms with E-state index in [0.29, 0.717) is 0 Å². The third-order valence-corrected chi connectivity index (χ3v) is 3.78. The van der Waals surface area contributed by atoms with Gasteiger partial charge in [-0.15, -0.1) is 0 Å². The quantitative estimate of drug-likeness (QED) is 0.819. The van der Waals surface area contributed by atoms with Crippen LogP contribution in [-0.2, 0) is 11.3 Å². The van der Waals surface area contributed by atoms with Crippen LogP contribution in [0.2, 0.25) is 0 Å². The molecule has 0 aliphatic carbocycles. The number of rotatable bonds is 6. The van der Waals surface area contributed by atoms with Crippen LogP contribution in [-0.4, -0.2) is 38.7 Å². The number of likely N-dealkylation sites (N-methyl/N-ethyl adjacent to an activating group) is 1. The summed E-state index contributed by atoms with van der Waals surface area (Å²) in [6, 6.07) is 5.79. The van der Waals surface area contributed by atoms with E-state index >= 15 is 0 Å². The Morgan fingerprint density at radius 3 is 2.57 bits per heavy atom. The number of aromatic nitrogens is 3. The van der Waals surface area contributed by atoms with E-state index in [9.17, 15) is 4.79 Å². The maximum atomic E-state index is 12.3. The van der Waals surface area contributed by atoms with Gasteiger partial charge in [-0.05, 0) is 45.4 Å². The topological polar surface area (TPSA) is 43.1 Å². The van der Waals surface area contributed by atoms with Gasteiger partial charge in [0, 0.05) is 38.2 Å². The summed E-state index contributed by atoms with van der Waals surface area (Å²) in [6.45, 7) is 7.57. The summed E-state index contributed by atoms with van der Waals surface area (Å²) < 4.78 is 3.93. The van der Waals surface area contributed by atoms with Crippen LogP contribution in [0.25, 0.3) is 0 Å². The molecule has 5 heteroatoms. The predicted octanol–water partition coefficient (Wildman–Crippen LogP) is 2.41. The van der Waals surface area contributed by atoms with Crippen LogP contribution in [0.15, 0.2) is 30.6 Å². The summed E-state index contributed by atoms with van der Waals surface area (Å²) in [5.74, 6) is 0.138. The highest BCUT2D eigenvalue weighted by molar-refractivity contribution is 5.79. The van der Waals surface area contributed by atoms with Crippen molar-refractivity contribution >= 4 is 5.91 Å². The molecule has 1 amide bonds. The van der Waals surface area contributed by atoms with Gasteiger partial charge in [0.15, 0.2) is 0 Å². The van der Waals surface area contributed by atoms with Crippen molar-refractivity contribution in [1.82, 2.24) is 19.2 Å². The molecular weight excluding hydrogens is 264 g/mol. The Labute approximate surface area is 126 Å². The van der Waals surface area contributed by atoms with Crippen LogP contribution in [0, 0.1) is 13.8 Å². The van der Waals surface area contributed by atoms with Gasteiger partial charge in [0.1, 0.15) is 6.04 Å². The van der Waals surface area contributed by atoms with Crippen molar-refractivity contribution in [3.05, 3.63) is 42.0 Å². The highest BCUT2D eigenvalue weighted by Crippen LogP contribution is 2.10. The van der Waals surface area contributed by atoms with Crippen molar-refractivity contribution in [1.29, 1.82) is 0 Å². The van der Waals surface area contributed by atoms with Gasteiger partial charge in [-0.25, -0.2) is 0 Å². The monoisotopic (exact) mass is 288 g/mol. The molecule has 0 saturated carbocycles. The summed E-state index contributed by atoms with van der Waals surface area (Å²) in [7, 11) is 1.86. The lowest BCUT2D eigenvalue weighted by Crippen LogP contribution is -2.34. The largest absolute Gasteiger partial charge is 0.344 e. The summed E-state index contributed by atoms with van der Waals surface area (Å²) in [5.41, 5.74) is 2.21. The number of hydrogen-bond acceptors (Lipinski definition) is 2. The first-order valence-electron chi connectivity index (χ1n) is 7.37. The van der Waals surface area contributed by atoms with Gasteiger partial charge in [-0.3, -0.25) is 9.48 Å². The zero-order valence-corrected chi connectivity index (χ0v) is 13.3. The first-order chi connectivity index (χ1) is 9.99. The van der Waals surface area contributed by atoms with Gasteiger partial charge in [-0.1, -0.05) is 0 Å². The molecule has 21 heavy (non-hydrogen) atoms. The second kappa shape index (κ2) is 6.61. The van der Waals surface area contributed by atoms with Gasteiger partial charge in [0.2, 0.25) is 5.91 Å². The van der Waals surface area contributed by atoms with Crippen molar-refractivity contribution in [3.63, 3.8) is 0 Å². The molecule has 2 aromatic rings. The number of hydrogen-bond donors (Lipinski definition) is 0. The van der Waals surface area contributed by atoms with Crippen molar-refractivity contribution in [2.45, 2.75) is 39.8 Å². The number of carbonyl (C=O) groups is 1. The standard InChI is InChI=1S/C16H24N4O/c1-13-12-14(2)20(17-13)11-7-8-18(4)16(21)15(3)19-9-5-6-10-19/h5-6,9-10,12,15H,7-8,11H2,1-4H3/t15-/m0/s1. The molecule has 0 N–H and O–H groups in total. The van der Waals surface area contributed by atoms with Crippen LogP contribution in [0.5, 0.6) is 0 Å². The van der Waals surface area contributed by atoms with E-state index in [0.717, 1.165) is 25.2 Å². The third kappa shape index (κ3) is 3.74. The molecule has 0 saturated heterocycles. The van der Waals surface area contributed by atoms with Gasteiger partial charge < -0.3 is 9.47 Å². The van der Waals surface area contributed by atoms with Crippen LogP contribution < -0.4 is 0 Å². The number of nitrogens with zero attached hydrogens (tertiary/aromatic N) is 4. The van der Waals surface area contributed by atoms with Gasteiger partial charge >= 0.3 is 0 Å². The fourth-order valence-corrected chi connectivity index (χ4v) is 2.52. The lowest BCUT2D eigenvalue weighted by atomic mass is 10.2. The molecule has 0 spiro atoms. The van der Waals surface area contributed by atoms with E-state index in [1.54, 1.807) is 4.90 Å². The average molecular weight is 288 g/mol. The van der Waals surface area contributed by atoms with E-state index in [-0.39, 0.29) is 11.9 Å². The fourth-order valence-electron chi connectivity index (χ4n) is 2.52. The van der Waals surface area contributed by atoms with E-state index in [1.165, 1.54) is 5.69 Å². The highest BCUT2D eigenvalue weighted by Gasteiger charge is 2.17. The summed E-state index contributed by atoms with van der Waals surface area (Å²) in [4.78, 5) is 14.1. The molecule has 0 aliphatic rings. The Bertz CT molecular complexity index is 585. The first kappa shape index (κ1) is 15.4. The lowest BCUT2D eigenvalue weighted by Gasteiger charge is -2.22. The Morgan fingerprint density at radius 2 is 2.00 bits per heavy atom. The van der Waals surface area contributed by atoms with E-state index < -0.39 is 0 Å². The van der Waals surface area contributed by atoms with Crippen LogP contribution >= 0.6 is 0 Å². The Balaban J connectivity index is 1.83. The zero-order chi connectivity index (χ0) is 15.4. The second-order valence-corrected chi connectivity index (χ2v) is 5.57. The molecule has 0 aromatic carbocycles. The van der Waals surface area contributed by atoms with Gasteiger partial charge in [0.05, 0.1) is 5.69 Å². The SMILES string of the molecule is Cc1cc(C)n(CCCN(C)C(=O)[C@H](C)n2cccc2)n1. The van der Waals surface area contributed by atoms with Crippen molar-refractivity contribution in [3.8, 4) is 0 Å². The van der Waals surface area contributed by atoms with Gasteiger partial charge in [0.25, 0.3) is 0 Å². The molecule has 2 heterocycles. The fraction of sp³-hybridized carbons (Fsp3) is 0.500. The maximum absolute atomic E-state index is 12.3. The first-order valence-corrected chi connectivity index (χ1v) is 7.37. The molecular formula is C16H24N4O. The van der Waals surface area contributed by atoms with Crippen LogP contribution in [0.3, 0.4) is 0 Å². The Morgan fingerprint density at radius 1 is 1.33 bits per heavy atom. The lowest BCUT2D eigenvalue weighted by molar-refractivity contribution is -0.133. The van der Waals surface area contributed by atoms with Crippen LogP contribution in [0.4, 0.5) is 0 Å². The van der Waals surface area contributed by atoms with Crippen molar-refractivity contribution in [2.75, 3.05) is 13.6 Å². The molecule has 1 atom stereocenters. The summed E-state index contributed by atoms with van der Waals surface area (Å²) in [6.07, 6.45) is 4.75. The molecule has 2 rings (SSSR count). The Hall–Kier alpha value is -2.04. The summed E-state index contributed by atoms with van der Waals surface area (Å²) >= 11 is 0. The molecule has 0 unspecified atom stereocenters. The van der Waals surface area contributed by atoms with Crippen LogP contribution in [0.1, 0.15) is 30.8 Å². The van der Waals surface area contributed by atoms with Crippen molar-refractivity contribution < 1.29 is 4.79 Å². The molecule has 0 aliphatic heterocycles. The normalized spacial score (nSPS) is 12.4. The minimum absolute atomic E-state index is 0.138. The Kier molecular flexibility index (Phi) is 4.83. The summed E-state index contributed by atoms with van der Waals surface area (Å²) in [5, 5.41) is 4.44. The highest BCUT2D eigenvalue weighted by atomic mass is 16.2. The predicted molar refractivity (Wildman–Crippen MR) is 83.1 cm³/mol. The number of amides is 1. The molecule has 5 nitrogen and oxygen atoms in total. The maximum Gasteiger partial charge on any atom is 0.245 e. The minimum Gasteiger partial charge on any atom is -0.344 e. The minimum atomic E-state index is -0.154. The number of aryl methyl sites for hydroxylation is 3. The molecule has 2 aromatic heterocycles. The smallest absolute Gasteiger partial charge is 0.245 e. The van der Waals surface area contributed by atoms with E-state index in [4.69, 9.17) is 0 Å². The van der Waals surface area contributed by atoms with E-state index in [1.807, 2.05) is 54.7 Å². The second-order valence-electron chi connectivity index (χ2n) is 5.57. The molecule has 114 valence electrons. The van der Waals surface area contributed by atoms with Crippen molar-refractivity contribution in [2.24, 2.45) is 0 Å². The average Bonchev–Trinajstić information content (AvgIpc) is 3.07. The molecule has 0 fully saturated rings. The van der Waals surface area contributed by atoms with E-state index in [2.05, 4.69) is 18.1 Å². The third-order valence-electron chi connectivity index (χ3n) is 3.78. The molecule has 0 bridgehead atoms. The molecule has 0 radical (unpaired) electrons. The van der Waals surface area contributed by atoms with Gasteiger partial charge in [-0.2, -0.15) is 5.10 Å². The zero-order valence-electron chi connectivity index (χ0n) is 13.3. The number of carbonyl (C=O) groups excluding carboxylic acids is 1.